The lowest BCUT2D eigenvalue weighted by Gasteiger charge is -2.10. The number of thiazole rings is 1. The van der Waals surface area contributed by atoms with E-state index in [1.54, 1.807) is 17.7 Å². The number of aromatic nitrogens is 4. The Labute approximate surface area is 180 Å². The fourth-order valence-electron chi connectivity index (χ4n) is 2.44. The quantitative estimate of drug-likeness (QED) is 0.311. The predicted molar refractivity (Wildman–Crippen MR) is 120 cm³/mol. The van der Waals surface area contributed by atoms with Gasteiger partial charge in [0.05, 0.1) is 12.2 Å². The zero-order valence-electron chi connectivity index (χ0n) is 15.6. The monoisotopic (exact) mass is 497 g/mol. The molecule has 0 saturated carbocycles. The average Bonchev–Trinajstić information content (AvgIpc) is 3.25. The van der Waals surface area contributed by atoms with Gasteiger partial charge in [0.25, 0.3) is 0 Å². The summed E-state index contributed by atoms with van der Waals surface area (Å²) in [6.07, 6.45) is 1.71. The van der Waals surface area contributed by atoms with Gasteiger partial charge < -0.3 is 10.6 Å². The maximum atomic E-state index is 4.63. The van der Waals surface area contributed by atoms with E-state index >= 15 is 0 Å². The minimum Gasteiger partial charge on any atom is -0.357 e. The van der Waals surface area contributed by atoms with Gasteiger partial charge in [0.1, 0.15) is 17.9 Å². The number of guanidine groups is 1. The summed E-state index contributed by atoms with van der Waals surface area (Å²) < 4.78 is 1.95. The van der Waals surface area contributed by atoms with Crippen molar-refractivity contribution in [3.63, 3.8) is 0 Å². The van der Waals surface area contributed by atoms with Gasteiger partial charge in [0, 0.05) is 17.1 Å². The molecule has 2 aromatic heterocycles. The maximum Gasteiger partial charge on any atom is 0.192 e. The van der Waals surface area contributed by atoms with Gasteiger partial charge in [-0.05, 0) is 32.9 Å². The number of aliphatic imine (C=N–C) groups is 1. The van der Waals surface area contributed by atoms with Crippen LogP contribution in [0.15, 0.2) is 41.7 Å². The Kier molecular flexibility index (Phi) is 8.17. The fraction of sp³-hybridized carbons (Fsp3) is 0.333. The van der Waals surface area contributed by atoms with Crippen LogP contribution in [0.1, 0.15) is 28.3 Å². The van der Waals surface area contributed by atoms with Gasteiger partial charge in [-0.3, -0.25) is 4.57 Å². The SMILES string of the molecule is CCNC(=NCc1nncn1-c1ccccc1)NCc1nc(C)c(C)s1.I. The number of aryl methyl sites for hydroxylation is 2. The van der Waals surface area contributed by atoms with Gasteiger partial charge in [-0.25, -0.2) is 9.98 Å². The van der Waals surface area contributed by atoms with Crippen LogP contribution in [0.2, 0.25) is 0 Å². The second kappa shape index (κ2) is 10.4. The minimum atomic E-state index is 0. The van der Waals surface area contributed by atoms with Crippen LogP contribution in [0.5, 0.6) is 0 Å². The molecule has 0 saturated heterocycles. The lowest BCUT2D eigenvalue weighted by atomic mass is 10.3. The normalized spacial score (nSPS) is 11.1. The Morgan fingerprint density at radius 3 is 2.63 bits per heavy atom. The zero-order chi connectivity index (χ0) is 18.4. The molecule has 9 heteroatoms. The summed E-state index contributed by atoms with van der Waals surface area (Å²) in [5.41, 5.74) is 2.11. The number of halogens is 1. The lowest BCUT2D eigenvalue weighted by Crippen LogP contribution is -2.36. The first kappa shape index (κ1) is 21.3. The molecular weight excluding hydrogens is 473 g/mol. The van der Waals surface area contributed by atoms with E-state index in [-0.39, 0.29) is 24.0 Å². The van der Waals surface area contributed by atoms with Crippen LogP contribution in [0.25, 0.3) is 5.69 Å². The van der Waals surface area contributed by atoms with Gasteiger partial charge in [-0.1, -0.05) is 18.2 Å². The molecule has 7 nitrogen and oxygen atoms in total. The van der Waals surface area contributed by atoms with E-state index in [2.05, 4.69) is 37.7 Å². The van der Waals surface area contributed by atoms with Gasteiger partial charge in [-0.15, -0.1) is 45.5 Å². The molecular formula is C18H24IN7S. The average molecular weight is 497 g/mol. The third kappa shape index (κ3) is 5.73. The van der Waals surface area contributed by atoms with Crippen molar-refractivity contribution in [2.75, 3.05) is 6.54 Å². The molecule has 0 radical (unpaired) electrons. The van der Waals surface area contributed by atoms with Crippen LogP contribution in [0.4, 0.5) is 0 Å². The van der Waals surface area contributed by atoms with Crippen molar-refractivity contribution in [3.05, 3.63) is 58.1 Å². The van der Waals surface area contributed by atoms with Gasteiger partial charge in [-0.2, -0.15) is 0 Å². The molecule has 0 atom stereocenters. The molecule has 2 N–H and O–H groups in total. The Hall–Kier alpha value is -2.01. The largest absolute Gasteiger partial charge is 0.357 e. The Bertz CT molecular complexity index is 853. The van der Waals surface area contributed by atoms with E-state index < -0.39 is 0 Å². The molecule has 144 valence electrons. The molecule has 27 heavy (non-hydrogen) atoms. The molecule has 0 aliphatic rings. The second-order valence-corrected chi connectivity index (χ2v) is 7.04. The van der Waals surface area contributed by atoms with Crippen LogP contribution >= 0.6 is 35.3 Å². The van der Waals surface area contributed by atoms with Crippen molar-refractivity contribution in [3.8, 4) is 5.69 Å². The maximum absolute atomic E-state index is 4.63. The summed E-state index contributed by atoms with van der Waals surface area (Å²) in [6, 6.07) is 10.0. The Morgan fingerprint density at radius 2 is 1.96 bits per heavy atom. The molecule has 3 rings (SSSR count). The highest BCUT2D eigenvalue weighted by atomic mass is 127. The first-order valence-corrected chi connectivity index (χ1v) is 9.38. The van der Waals surface area contributed by atoms with Crippen molar-refractivity contribution in [2.45, 2.75) is 33.9 Å². The number of hydrogen-bond acceptors (Lipinski definition) is 5. The van der Waals surface area contributed by atoms with Crippen LogP contribution in [-0.4, -0.2) is 32.3 Å². The number of nitrogens with zero attached hydrogens (tertiary/aromatic N) is 5. The highest BCUT2D eigenvalue weighted by Gasteiger charge is 2.08. The topological polar surface area (TPSA) is 80.0 Å². The van der Waals surface area contributed by atoms with Crippen molar-refractivity contribution < 1.29 is 0 Å². The number of para-hydroxylation sites is 1. The lowest BCUT2D eigenvalue weighted by molar-refractivity contribution is 0.790. The molecule has 1 aromatic carbocycles. The van der Waals surface area contributed by atoms with Crippen LogP contribution in [-0.2, 0) is 13.1 Å². The third-order valence-corrected chi connectivity index (χ3v) is 4.93. The number of hydrogen-bond donors (Lipinski definition) is 2. The van der Waals surface area contributed by atoms with E-state index in [4.69, 9.17) is 0 Å². The number of benzene rings is 1. The van der Waals surface area contributed by atoms with Crippen LogP contribution in [0.3, 0.4) is 0 Å². The Morgan fingerprint density at radius 1 is 1.19 bits per heavy atom. The molecule has 0 unspecified atom stereocenters. The highest BCUT2D eigenvalue weighted by Crippen LogP contribution is 2.16. The molecule has 0 aliphatic heterocycles. The Balaban J connectivity index is 0.00000261. The molecule has 0 fully saturated rings. The third-order valence-electron chi connectivity index (χ3n) is 3.86. The first-order chi connectivity index (χ1) is 12.7. The van der Waals surface area contributed by atoms with Crippen LogP contribution < -0.4 is 10.6 Å². The first-order valence-electron chi connectivity index (χ1n) is 8.56. The van der Waals surface area contributed by atoms with E-state index in [1.807, 2.05) is 48.7 Å². The summed E-state index contributed by atoms with van der Waals surface area (Å²) in [7, 11) is 0. The van der Waals surface area contributed by atoms with Crippen molar-refractivity contribution in [2.24, 2.45) is 4.99 Å². The van der Waals surface area contributed by atoms with E-state index in [0.717, 1.165) is 34.7 Å². The number of nitrogens with one attached hydrogen (secondary N) is 2. The van der Waals surface area contributed by atoms with Crippen molar-refractivity contribution >= 4 is 41.3 Å². The van der Waals surface area contributed by atoms with Gasteiger partial charge >= 0.3 is 0 Å². The summed E-state index contributed by atoms with van der Waals surface area (Å²) in [5, 5.41) is 15.9. The van der Waals surface area contributed by atoms with Crippen molar-refractivity contribution in [1.82, 2.24) is 30.4 Å². The highest BCUT2D eigenvalue weighted by molar-refractivity contribution is 14.0. The summed E-state index contributed by atoms with van der Waals surface area (Å²) in [6.45, 7) is 8.03. The van der Waals surface area contributed by atoms with Crippen LogP contribution in [0, 0.1) is 13.8 Å². The predicted octanol–water partition coefficient (Wildman–Crippen LogP) is 3.21. The molecule has 0 amide bonds. The zero-order valence-corrected chi connectivity index (χ0v) is 18.8. The van der Waals surface area contributed by atoms with Gasteiger partial charge in [0.15, 0.2) is 11.8 Å². The standard InChI is InChI=1S/C18H23N7S.HI/c1-4-19-18(21-11-17-23-13(2)14(3)26-17)20-10-16-24-22-12-25(16)15-8-6-5-7-9-15;/h5-9,12H,4,10-11H2,1-3H3,(H2,19,20,21);1H. The van der Waals surface area contributed by atoms with Crippen molar-refractivity contribution in [1.29, 1.82) is 0 Å². The second-order valence-electron chi connectivity index (χ2n) is 5.75. The molecule has 0 spiro atoms. The summed E-state index contributed by atoms with van der Waals surface area (Å²) in [5.74, 6) is 1.52. The summed E-state index contributed by atoms with van der Waals surface area (Å²) >= 11 is 1.71. The summed E-state index contributed by atoms with van der Waals surface area (Å²) in [4.78, 5) is 10.4. The number of rotatable bonds is 6. The molecule has 3 aromatic rings. The molecule has 2 heterocycles. The fourth-order valence-corrected chi connectivity index (χ4v) is 3.31. The minimum absolute atomic E-state index is 0. The van der Waals surface area contributed by atoms with Gasteiger partial charge in [0.2, 0.25) is 0 Å². The molecule has 0 bridgehead atoms. The van der Waals surface area contributed by atoms with E-state index in [0.29, 0.717) is 13.1 Å². The van der Waals surface area contributed by atoms with E-state index in [9.17, 15) is 0 Å². The molecule has 0 aliphatic carbocycles. The smallest absolute Gasteiger partial charge is 0.192 e. The van der Waals surface area contributed by atoms with E-state index in [1.165, 1.54) is 4.88 Å².